The van der Waals surface area contributed by atoms with E-state index in [2.05, 4.69) is 19.2 Å². The molecular formula is C21H25NO6. The number of esters is 1. The smallest absolute Gasteiger partial charge is 0.344 e. The summed E-state index contributed by atoms with van der Waals surface area (Å²) in [6.07, 6.45) is 0. The summed E-state index contributed by atoms with van der Waals surface area (Å²) >= 11 is 0. The first-order valence-electron chi connectivity index (χ1n) is 8.83. The minimum absolute atomic E-state index is 0.281. The Morgan fingerprint density at radius 2 is 1.61 bits per heavy atom. The number of hydrogen-bond acceptors (Lipinski definition) is 6. The Hall–Kier alpha value is -3.22. The van der Waals surface area contributed by atoms with Crippen LogP contribution < -0.4 is 19.5 Å². The van der Waals surface area contributed by atoms with E-state index in [-0.39, 0.29) is 6.61 Å². The third-order valence-electron chi connectivity index (χ3n) is 3.95. The predicted octanol–water partition coefficient (Wildman–Crippen LogP) is 3.39. The molecule has 2 aromatic rings. The third-order valence-corrected chi connectivity index (χ3v) is 3.95. The lowest BCUT2D eigenvalue weighted by Gasteiger charge is -2.12. The molecule has 7 heteroatoms. The van der Waals surface area contributed by atoms with Gasteiger partial charge in [-0.1, -0.05) is 26.0 Å². The second-order valence-corrected chi connectivity index (χ2v) is 6.29. The summed E-state index contributed by atoms with van der Waals surface area (Å²) < 4.78 is 20.6. The molecule has 0 aliphatic carbocycles. The van der Waals surface area contributed by atoms with Crippen molar-refractivity contribution in [2.24, 2.45) is 0 Å². The molecule has 0 aliphatic heterocycles. The van der Waals surface area contributed by atoms with Crippen LogP contribution in [0.3, 0.4) is 0 Å². The second kappa shape index (κ2) is 10.2. The van der Waals surface area contributed by atoms with E-state index in [0.29, 0.717) is 28.9 Å². The van der Waals surface area contributed by atoms with Crippen LogP contribution in [-0.2, 0) is 14.3 Å². The van der Waals surface area contributed by atoms with E-state index >= 15 is 0 Å². The molecule has 0 aromatic heterocycles. The number of ether oxygens (including phenoxy) is 4. The molecule has 0 radical (unpaired) electrons. The van der Waals surface area contributed by atoms with Crippen LogP contribution in [0.1, 0.15) is 25.3 Å². The number of carbonyl (C=O) groups excluding carboxylic acids is 2. The highest BCUT2D eigenvalue weighted by molar-refractivity contribution is 5.94. The van der Waals surface area contributed by atoms with Crippen molar-refractivity contribution < 1.29 is 28.5 Å². The van der Waals surface area contributed by atoms with Crippen molar-refractivity contribution in [2.45, 2.75) is 19.8 Å². The van der Waals surface area contributed by atoms with Crippen LogP contribution in [0.25, 0.3) is 0 Å². The quantitative estimate of drug-likeness (QED) is 0.664. The molecule has 0 saturated heterocycles. The van der Waals surface area contributed by atoms with Crippen molar-refractivity contribution in [3.63, 3.8) is 0 Å². The number of benzene rings is 2. The molecule has 0 unspecified atom stereocenters. The number of methoxy groups -OCH3 is 2. The fraction of sp³-hybridized carbons (Fsp3) is 0.333. The Morgan fingerprint density at radius 1 is 0.929 bits per heavy atom. The highest BCUT2D eigenvalue weighted by atomic mass is 16.6. The minimum Gasteiger partial charge on any atom is -0.497 e. The summed E-state index contributed by atoms with van der Waals surface area (Å²) in [6, 6.07) is 12.5. The van der Waals surface area contributed by atoms with E-state index in [1.807, 2.05) is 12.1 Å². The Bertz CT molecular complexity index is 801. The fourth-order valence-electron chi connectivity index (χ4n) is 2.38. The van der Waals surface area contributed by atoms with Gasteiger partial charge in [0.25, 0.3) is 5.91 Å². The Kier molecular flexibility index (Phi) is 7.68. The van der Waals surface area contributed by atoms with Crippen molar-refractivity contribution in [3.05, 3.63) is 48.0 Å². The van der Waals surface area contributed by atoms with Gasteiger partial charge in [-0.2, -0.15) is 0 Å². The van der Waals surface area contributed by atoms with Crippen LogP contribution in [0, 0.1) is 0 Å². The van der Waals surface area contributed by atoms with Gasteiger partial charge in [-0.25, -0.2) is 4.79 Å². The van der Waals surface area contributed by atoms with E-state index in [0.717, 1.165) is 0 Å². The van der Waals surface area contributed by atoms with Crippen molar-refractivity contribution in [2.75, 3.05) is 32.8 Å². The average molecular weight is 387 g/mol. The lowest BCUT2D eigenvalue weighted by Crippen LogP contribution is -2.23. The van der Waals surface area contributed by atoms with Crippen molar-refractivity contribution in [1.82, 2.24) is 0 Å². The zero-order valence-corrected chi connectivity index (χ0v) is 16.5. The van der Waals surface area contributed by atoms with Crippen LogP contribution in [0.15, 0.2) is 42.5 Å². The molecule has 0 spiro atoms. The van der Waals surface area contributed by atoms with Gasteiger partial charge in [0.2, 0.25) is 0 Å². The number of hydrogen-bond donors (Lipinski definition) is 1. The molecule has 7 nitrogen and oxygen atoms in total. The van der Waals surface area contributed by atoms with Gasteiger partial charge in [0, 0.05) is 6.07 Å². The van der Waals surface area contributed by atoms with E-state index in [1.54, 1.807) is 30.3 Å². The van der Waals surface area contributed by atoms with Crippen molar-refractivity contribution in [1.29, 1.82) is 0 Å². The first-order chi connectivity index (χ1) is 13.4. The van der Waals surface area contributed by atoms with Crippen LogP contribution in [-0.4, -0.2) is 39.3 Å². The topological polar surface area (TPSA) is 83.1 Å². The average Bonchev–Trinajstić information content (AvgIpc) is 2.70. The molecule has 28 heavy (non-hydrogen) atoms. The van der Waals surface area contributed by atoms with Gasteiger partial charge in [-0.15, -0.1) is 0 Å². The molecule has 0 heterocycles. The summed E-state index contributed by atoms with van der Waals surface area (Å²) in [4.78, 5) is 23.8. The lowest BCUT2D eigenvalue weighted by molar-refractivity contribution is -0.149. The van der Waals surface area contributed by atoms with Crippen LogP contribution in [0.5, 0.6) is 17.2 Å². The maximum absolute atomic E-state index is 12.0. The zero-order valence-electron chi connectivity index (χ0n) is 16.5. The summed E-state index contributed by atoms with van der Waals surface area (Å²) in [7, 11) is 3.01. The van der Waals surface area contributed by atoms with Gasteiger partial charge in [0.15, 0.2) is 13.2 Å². The fourth-order valence-corrected chi connectivity index (χ4v) is 2.38. The number of anilines is 1. The van der Waals surface area contributed by atoms with Crippen LogP contribution >= 0.6 is 0 Å². The zero-order chi connectivity index (χ0) is 20.5. The van der Waals surface area contributed by atoms with E-state index in [9.17, 15) is 9.59 Å². The molecule has 2 aromatic carbocycles. The molecule has 150 valence electrons. The van der Waals surface area contributed by atoms with Gasteiger partial charge < -0.3 is 24.3 Å². The standard InChI is InChI=1S/C21H25NO6/c1-14(2)15-5-7-16(8-6-15)27-13-21(24)28-12-20(23)22-18-11-17(25-3)9-10-19(18)26-4/h5-11,14H,12-13H2,1-4H3,(H,22,23). The molecular weight excluding hydrogens is 362 g/mol. The molecule has 0 aliphatic rings. The molecule has 1 amide bonds. The Morgan fingerprint density at radius 3 is 2.21 bits per heavy atom. The number of nitrogens with one attached hydrogen (secondary N) is 1. The maximum atomic E-state index is 12.0. The summed E-state index contributed by atoms with van der Waals surface area (Å²) in [5.74, 6) is 0.869. The monoisotopic (exact) mass is 387 g/mol. The van der Waals surface area contributed by atoms with Crippen LogP contribution in [0.2, 0.25) is 0 Å². The molecule has 1 N–H and O–H groups in total. The normalized spacial score (nSPS) is 10.3. The van der Waals surface area contributed by atoms with E-state index in [1.165, 1.54) is 19.8 Å². The Labute approximate surface area is 164 Å². The summed E-state index contributed by atoms with van der Waals surface area (Å²) in [5.41, 5.74) is 1.60. The van der Waals surface area contributed by atoms with E-state index in [4.69, 9.17) is 18.9 Å². The summed E-state index contributed by atoms with van der Waals surface area (Å²) in [6.45, 7) is 3.48. The van der Waals surface area contributed by atoms with Gasteiger partial charge in [0.1, 0.15) is 17.2 Å². The highest BCUT2D eigenvalue weighted by Gasteiger charge is 2.12. The van der Waals surface area contributed by atoms with Gasteiger partial charge in [0.05, 0.1) is 19.9 Å². The third kappa shape index (κ3) is 6.19. The minimum atomic E-state index is -0.638. The van der Waals surface area contributed by atoms with Gasteiger partial charge in [-0.3, -0.25) is 4.79 Å². The van der Waals surface area contributed by atoms with Crippen LogP contribution in [0.4, 0.5) is 5.69 Å². The van der Waals surface area contributed by atoms with Gasteiger partial charge in [-0.05, 0) is 35.7 Å². The molecule has 2 rings (SSSR count). The lowest BCUT2D eigenvalue weighted by atomic mass is 10.0. The predicted molar refractivity (Wildman–Crippen MR) is 105 cm³/mol. The summed E-state index contributed by atoms with van der Waals surface area (Å²) in [5, 5.41) is 2.62. The molecule has 0 fully saturated rings. The Balaban J connectivity index is 1.80. The number of rotatable bonds is 9. The van der Waals surface area contributed by atoms with Crippen molar-refractivity contribution >= 4 is 17.6 Å². The number of amides is 1. The molecule has 0 atom stereocenters. The first kappa shape index (κ1) is 21.1. The highest BCUT2D eigenvalue weighted by Crippen LogP contribution is 2.28. The maximum Gasteiger partial charge on any atom is 0.344 e. The number of carbonyl (C=O) groups is 2. The molecule has 0 bridgehead atoms. The molecule has 0 saturated carbocycles. The second-order valence-electron chi connectivity index (χ2n) is 6.29. The van der Waals surface area contributed by atoms with Gasteiger partial charge >= 0.3 is 5.97 Å². The largest absolute Gasteiger partial charge is 0.497 e. The van der Waals surface area contributed by atoms with Crippen molar-refractivity contribution in [3.8, 4) is 17.2 Å². The van der Waals surface area contributed by atoms with E-state index < -0.39 is 18.5 Å². The SMILES string of the molecule is COc1ccc(OC)c(NC(=O)COC(=O)COc2ccc(C(C)C)cc2)c1. The first-order valence-corrected chi connectivity index (χ1v) is 8.83.